The zero-order valence-electron chi connectivity index (χ0n) is 12.5. The monoisotopic (exact) mass is 314 g/mol. The van der Waals surface area contributed by atoms with Crippen LogP contribution >= 0.6 is 11.6 Å². The van der Waals surface area contributed by atoms with Crippen LogP contribution in [0.4, 0.5) is 0 Å². The summed E-state index contributed by atoms with van der Waals surface area (Å²) in [4.78, 5) is 0. The van der Waals surface area contributed by atoms with Crippen LogP contribution in [-0.4, -0.2) is 13.2 Å². The third-order valence-corrected chi connectivity index (χ3v) is 4.00. The van der Waals surface area contributed by atoms with Crippen molar-refractivity contribution in [1.82, 2.24) is 0 Å². The van der Waals surface area contributed by atoms with Crippen molar-refractivity contribution >= 4 is 11.6 Å². The quantitative estimate of drug-likeness (QED) is 0.721. The fraction of sp³-hybridized carbons (Fsp3) is 0.263. The summed E-state index contributed by atoms with van der Waals surface area (Å²) < 4.78 is 11.6. The lowest BCUT2D eigenvalue weighted by Gasteiger charge is -2.28. The molecule has 0 saturated carbocycles. The largest absolute Gasteiger partial charge is 0.348 e. The molecule has 3 heteroatoms. The lowest BCUT2D eigenvalue weighted by molar-refractivity contribution is -0.197. The molecule has 1 saturated heterocycles. The van der Waals surface area contributed by atoms with E-state index in [9.17, 15) is 0 Å². The predicted molar refractivity (Wildman–Crippen MR) is 89.8 cm³/mol. The van der Waals surface area contributed by atoms with Gasteiger partial charge in [-0.15, -0.1) is 0 Å². The summed E-state index contributed by atoms with van der Waals surface area (Å²) in [7, 11) is 0. The third kappa shape index (κ3) is 3.58. The molecule has 0 amide bonds. The average Bonchev–Trinajstić information content (AvgIpc) is 2.57. The SMILES string of the molecule is CC=C[C@H]1CO[C@H](c2ccc(-c3ccc(Cl)cc3)cc2)OC1. The maximum atomic E-state index is 5.92. The molecule has 0 aromatic heterocycles. The molecule has 1 aliphatic rings. The van der Waals surface area contributed by atoms with E-state index in [0.29, 0.717) is 19.1 Å². The molecular formula is C19H19ClO2. The average molecular weight is 315 g/mol. The summed E-state index contributed by atoms with van der Waals surface area (Å²) in [6.45, 7) is 3.42. The maximum absolute atomic E-state index is 5.92. The number of rotatable bonds is 3. The number of hydrogen-bond acceptors (Lipinski definition) is 2. The second-order valence-electron chi connectivity index (χ2n) is 5.41. The highest BCUT2D eigenvalue weighted by molar-refractivity contribution is 6.30. The molecule has 1 heterocycles. The van der Waals surface area contributed by atoms with Crippen LogP contribution in [0.3, 0.4) is 0 Å². The molecule has 2 aromatic carbocycles. The van der Waals surface area contributed by atoms with Gasteiger partial charge in [0.05, 0.1) is 13.2 Å². The highest BCUT2D eigenvalue weighted by Crippen LogP contribution is 2.28. The third-order valence-electron chi connectivity index (χ3n) is 3.75. The smallest absolute Gasteiger partial charge is 0.183 e. The highest BCUT2D eigenvalue weighted by atomic mass is 35.5. The molecule has 1 aliphatic heterocycles. The summed E-state index contributed by atoms with van der Waals surface area (Å²) in [5.74, 6) is 0.356. The molecule has 0 bridgehead atoms. The summed E-state index contributed by atoms with van der Waals surface area (Å²) in [5, 5.41) is 0.750. The second-order valence-corrected chi connectivity index (χ2v) is 5.85. The maximum Gasteiger partial charge on any atom is 0.183 e. The van der Waals surface area contributed by atoms with Crippen molar-refractivity contribution in [2.24, 2.45) is 5.92 Å². The summed E-state index contributed by atoms with van der Waals surface area (Å²) in [5.41, 5.74) is 3.36. The minimum absolute atomic E-state index is 0.263. The number of hydrogen-bond donors (Lipinski definition) is 0. The molecule has 114 valence electrons. The number of benzene rings is 2. The first-order valence-electron chi connectivity index (χ1n) is 7.48. The van der Waals surface area contributed by atoms with Crippen LogP contribution in [0, 0.1) is 5.92 Å². The van der Waals surface area contributed by atoms with E-state index >= 15 is 0 Å². The van der Waals surface area contributed by atoms with Crippen LogP contribution in [0.25, 0.3) is 11.1 Å². The summed E-state index contributed by atoms with van der Waals surface area (Å²) >= 11 is 5.92. The fourth-order valence-corrected chi connectivity index (χ4v) is 2.69. The number of allylic oxidation sites excluding steroid dienone is 1. The zero-order valence-corrected chi connectivity index (χ0v) is 13.3. The van der Waals surface area contributed by atoms with Gasteiger partial charge in [0.2, 0.25) is 0 Å². The Balaban J connectivity index is 1.68. The number of halogens is 1. The van der Waals surface area contributed by atoms with Crippen LogP contribution < -0.4 is 0 Å². The van der Waals surface area contributed by atoms with E-state index in [1.54, 1.807) is 0 Å². The minimum atomic E-state index is -0.263. The molecule has 0 unspecified atom stereocenters. The van der Waals surface area contributed by atoms with Gasteiger partial charge in [-0.2, -0.15) is 0 Å². The van der Waals surface area contributed by atoms with Crippen LogP contribution in [0.2, 0.25) is 5.02 Å². The van der Waals surface area contributed by atoms with E-state index in [1.165, 1.54) is 0 Å². The van der Waals surface area contributed by atoms with E-state index in [-0.39, 0.29) is 6.29 Å². The van der Waals surface area contributed by atoms with Gasteiger partial charge in [0.15, 0.2) is 6.29 Å². The van der Waals surface area contributed by atoms with Crippen molar-refractivity contribution in [3.63, 3.8) is 0 Å². The van der Waals surface area contributed by atoms with Crippen molar-refractivity contribution in [3.05, 3.63) is 71.3 Å². The van der Waals surface area contributed by atoms with E-state index in [2.05, 4.69) is 30.3 Å². The molecule has 0 N–H and O–H groups in total. The molecule has 0 spiro atoms. The van der Waals surface area contributed by atoms with Gasteiger partial charge in [0.1, 0.15) is 0 Å². The van der Waals surface area contributed by atoms with E-state index in [1.807, 2.05) is 37.3 Å². The van der Waals surface area contributed by atoms with Gasteiger partial charge in [-0.25, -0.2) is 0 Å². The predicted octanol–water partition coefficient (Wildman–Crippen LogP) is 5.24. The molecule has 3 rings (SSSR count). The second kappa shape index (κ2) is 7.10. The molecule has 2 aromatic rings. The van der Waals surface area contributed by atoms with Crippen molar-refractivity contribution in [2.75, 3.05) is 13.2 Å². The van der Waals surface area contributed by atoms with Crippen LogP contribution in [0.15, 0.2) is 60.7 Å². The number of ether oxygens (including phenoxy) is 2. The Morgan fingerprint density at radius 2 is 1.45 bits per heavy atom. The van der Waals surface area contributed by atoms with Gasteiger partial charge in [-0.3, -0.25) is 0 Å². The molecule has 22 heavy (non-hydrogen) atoms. The summed E-state index contributed by atoms with van der Waals surface area (Å²) in [6, 6.07) is 16.1. The van der Waals surface area contributed by atoms with E-state index in [4.69, 9.17) is 21.1 Å². The first kappa shape index (κ1) is 15.3. The Labute approximate surface area is 136 Å². The van der Waals surface area contributed by atoms with Crippen LogP contribution in [0.1, 0.15) is 18.8 Å². The van der Waals surface area contributed by atoms with Crippen molar-refractivity contribution < 1.29 is 9.47 Å². The van der Waals surface area contributed by atoms with E-state index in [0.717, 1.165) is 21.7 Å². The Bertz CT molecular complexity index is 623. The van der Waals surface area contributed by atoms with Gasteiger partial charge in [-0.05, 0) is 30.2 Å². The van der Waals surface area contributed by atoms with Gasteiger partial charge in [0.25, 0.3) is 0 Å². The molecule has 1 fully saturated rings. The summed E-state index contributed by atoms with van der Waals surface area (Å²) in [6.07, 6.45) is 3.90. The molecular weight excluding hydrogens is 296 g/mol. The standard InChI is InChI=1S/C19H19ClO2/c1-2-3-14-12-21-19(22-13-14)17-6-4-15(5-7-17)16-8-10-18(20)11-9-16/h2-11,14,19H,12-13H2,1H3/t14-,19-. The van der Waals surface area contributed by atoms with Gasteiger partial charge >= 0.3 is 0 Å². The van der Waals surface area contributed by atoms with Gasteiger partial charge < -0.3 is 9.47 Å². The highest BCUT2D eigenvalue weighted by Gasteiger charge is 2.21. The van der Waals surface area contributed by atoms with Crippen molar-refractivity contribution in [1.29, 1.82) is 0 Å². The molecule has 0 aliphatic carbocycles. The fourth-order valence-electron chi connectivity index (χ4n) is 2.57. The Kier molecular flexibility index (Phi) is 4.94. The van der Waals surface area contributed by atoms with Crippen molar-refractivity contribution in [2.45, 2.75) is 13.2 Å². The lowest BCUT2D eigenvalue weighted by Crippen LogP contribution is -2.25. The molecule has 0 atom stereocenters. The Morgan fingerprint density at radius 3 is 2.00 bits per heavy atom. The zero-order chi connectivity index (χ0) is 15.4. The Hall–Kier alpha value is -1.61. The van der Waals surface area contributed by atoms with Crippen LogP contribution in [0.5, 0.6) is 0 Å². The van der Waals surface area contributed by atoms with Crippen molar-refractivity contribution in [3.8, 4) is 11.1 Å². The topological polar surface area (TPSA) is 18.5 Å². The van der Waals surface area contributed by atoms with Gasteiger partial charge in [-0.1, -0.05) is 60.2 Å². The molecule has 0 radical (unpaired) electrons. The first-order valence-corrected chi connectivity index (χ1v) is 7.86. The normalized spacial score (nSPS) is 22.1. The minimum Gasteiger partial charge on any atom is -0.348 e. The molecule has 2 nitrogen and oxygen atoms in total. The first-order chi connectivity index (χ1) is 10.8. The van der Waals surface area contributed by atoms with E-state index < -0.39 is 0 Å². The Morgan fingerprint density at radius 1 is 0.909 bits per heavy atom. The lowest BCUT2D eigenvalue weighted by atomic mass is 10.0. The van der Waals surface area contributed by atoms with Crippen LogP contribution in [-0.2, 0) is 9.47 Å². The van der Waals surface area contributed by atoms with Gasteiger partial charge in [0, 0.05) is 16.5 Å².